The van der Waals surface area contributed by atoms with Crippen molar-refractivity contribution in [3.8, 4) is 11.1 Å². The SMILES string of the molecule is O=C(O)F.c1ccc(-c2ccccc2)cc1. The van der Waals surface area contributed by atoms with Gasteiger partial charge in [0.15, 0.2) is 0 Å². The average molecular weight is 218 g/mol. The molecule has 2 rings (SSSR count). The fourth-order valence-corrected chi connectivity index (χ4v) is 1.26. The molecule has 3 heteroatoms. The predicted molar refractivity (Wildman–Crippen MR) is 61.0 cm³/mol. The lowest BCUT2D eigenvalue weighted by Gasteiger charge is -1.98. The van der Waals surface area contributed by atoms with Gasteiger partial charge in [0.2, 0.25) is 0 Å². The van der Waals surface area contributed by atoms with Gasteiger partial charge in [-0.3, -0.25) is 0 Å². The minimum absolute atomic E-state index is 1.28. The first-order chi connectivity index (χ1) is 7.70. The summed E-state index contributed by atoms with van der Waals surface area (Å²) < 4.78 is 9.92. The molecule has 0 atom stereocenters. The molecule has 0 unspecified atom stereocenters. The van der Waals surface area contributed by atoms with Gasteiger partial charge in [0.05, 0.1) is 0 Å². The largest absolute Gasteiger partial charge is 0.492 e. The number of rotatable bonds is 1. The standard InChI is InChI=1S/C12H10.CHFO2/c1-3-7-11(8-4-1)12-9-5-2-6-10-12;2-1(3)4/h1-10H;(H,3,4). The highest BCUT2D eigenvalue weighted by atomic mass is 19.1. The average Bonchev–Trinajstić information content (AvgIpc) is 2.31. The van der Waals surface area contributed by atoms with E-state index in [2.05, 4.69) is 48.5 Å². The van der Waals surface area contributed by atoms with Gasteiger partial charge in [-0.25, -0.2) is 4.79 Å². The molecule has 0 saturated carbocycles. The number of hydrogen-bond acceptors (Lipinski definition) is 1. The van der Waals surface area contributed by atoms with Crippen LogP contribution < -0.4 is 0 Å². The van der Waals surface area contributed by atoms with Crippen molar-refractivity contribution in [1.29, 1.82) is 0 Å². The molecular formula is C13H11FO2. The van der Waals surface area contributed by atoms with E-state index in [0.29, 0.717) is 0 Å². The minimum Gasteiger partial charge on any atom is -0.456 e. The maximum absolute atomic E-state index is 9.92. The van der Waals surface area contributed by atoms with Crippen molar-refractivity contribution < 1.29 is 14.3 Å². The van der Waals surface area contributed by atoms with E-state index < -0.39 is 6.22 Å². The minimum atomic E-state index is -2.33. The van der Waals surface area contributed by atoms with Crippen LogP contribution in [0.15, 0.2) is 60.7 Å². The zero-order valence-electron chi connectivity index (χ0n) is 8.51. The molecule has 0 aliphatic carbocycles. The van der Waals surface area contributed by atoms with Crippen LogP contribution in [-0.2, 0) is 0 Å². The Morgan fingerprint density at radius 1 is 0.812 bits per heavy atom. The quantitative estimate of drug-likeness (QED) is 0.735. The van der Waals surface area contributed by atoms with Crippen LogP contribution in [-0.4, -0.2) is 11.3 Å². The smallest absolute Gasteiger partial charge is 0.456 e. The lowest BCUT2D eigenvalue weighted by molar-refractivity contribution is 0.169. The van der Waals surface area contributed by atoms with E-state index >= 15 is 0 Å². The molecule has 0 aromatic heterocycles. The van der Waals surface area contributed by atoms with Gasteiger partial charge < -0.3 is 5.11 Å². The molecule has 82 valence electrons. The van der Waals surface area contributed by atoms with Crippen LogP contribution >= 0.6 is 0 Å². The molecule has 1 N–H and O–H groups in total. The van der Waals surface area contributed by atoms with Gasteiger partial charge in [-0.15, -0.1) is 4.39 Å². The van der Waals surface area contributed by atoms with E-state index in [1.807, 2.05) is 12.1 Å². The van der Waals surface area contributed by atoms with Crippen LogP contribution in [0.1, 0.15) is 0 Å². The van der Waals surface area contributed by atoms with E-state index in [-0.39, 0.29) is 0 Å². The molecule has 0 saturated heterocycles. The van der Waals surface area contributed by atoms with Crippen molar-refractivity contribution in [2.45, 2.75) is 0 Å². The molecule has 0 bridgehead atoms. The maximum Gasteiger partial charge on any atom is 0.492 e. The molecule has 0 amide bonds. The Kier molecular flexibility index (Phi) is 4.73. The molecule has 2 aromatic carbocycles. The Morgan fingerprint density at radius 2 is 1.06 bits per heavy atom. The van der Waals surface area contributed by atoms with Crippen molar-refractivity contribution >= 4 is 6.22 Å². The van der Waals surface area contributed by atoms with E-state index in [1.54, 1.807) is 0 Å². The van der Waals surface area contributed by atoms with Gasteiger partial charge in [-0.05, 0) is 11.1 Å². The zero-order valence-corrected chi connectivity index (χ0v) is 8.51. The fourth-order valence-electron chi connectivity index (χ4n) is 1.26. The number of carbonyl (C=O) groups is 1. The highest BCUT2D eigenvalue weighted by Crippen LogP contribution is 2.17. The lowest BCUT2D eigenvalue weighted by Crippen LogP contribution is -1.73. The third-order valence-electron chi connectivity index (χ3n) is 1.88. The van der Waals surface area contributed by atoms with Crippen LogP contribution in [0.2, 0.25) is 0 Å². The number of halogens is 1. The van der Waals surface area contributed by atoms with Crippen LogP contribution in [0.5, 0.6) is 0 Å². The predicted octanol–water partition coefficient (Wildman–Crippen LogP) is 3.99. The van der Waals surface area contributed by atoms with Crippen molar-refractivity contribution in [3.63, 3.8) is 0 Å². The Morgan fingerprint density at radius 3 is 1.31 bits per heavy atom. The van der Waals surface area contributed by atoms with E-state index in [1.165, 1.54) is 11.1 Å². The molecule has 16 heavy (non-hydrogen) atoms. The Labute approximate surface area is 93.0 Å². The summed E-state index contributed by atoms with van der Waals surface area (Å²) in [7, 11) is 0. The number of benzene rings is 2. The zero-order chi connectivity index (χ0) is 11.8. The molecule has 0 spiro atoms. The number of carboxylic acid groups (broad SMARTS) is 1. The van der Waals surface area contributed by atoms with Crippen LogP contribution in [0.3, 0.4) is 0 Å². The fraction of sp³-hybridized carbons (Fsp3) is 0. The molecule has 0 aliphatic heterocycles. The third kappa shape index (κ3) is 4.37. The maximum atomic E-state index is 9.92. The van der Waals surface area contributed by atoms with Crippen molar-refractivity contribution in [2.75, 3.05) is 0 Å². The molecule has 0 heterocycles. The summed E-state index contributed by atoms with van der Waals surface area (Å²) in [6.07, 6.45) is -2.33. The monoisotopic (exact) mass is 218 g/mol. The van der Waals surface area contributed by atoms with Gasteiger partial charge in [0.25, 0.3) is 0 Å². The van der Waals surface area contributed by atoms with E-state index in [4.69, 9.17) is 9.90 Å². The third-order valence-corrected chi connectivity index (χ3v) is 1.88. The highest BCUT2D eigenvalue weighted by Gasteiger charge is 1.91. The first kappa shape index (κ1) is 11.9. The normalized spacial score (nSPS) is 8.81. The molecule has 2 nitrogen and oxygen atoms in total. The van der Waals surface area contributed by atoms with Gasteiger partial charge in [-0.1, -0.05) is 60.7 Å². The second-order valence-electron chi connectivity index (χ2n) is 2.99. The summed E-state index contributed by atoms with van der Waals surface area (Å²) in [5.41, 5.74) is 2.55. The second kappa shape index (κ2) is 6.35. The summed E-state index contributed by atoms with van der Waals surface area (Å²) in [5, 5.41) is 6.75. The topological polar surface area (TPSA) is 37.3 Å². The summed E-state index contributed by atoms with van der Waals surface area (Å²) in [5.74, 6) is 0. The summed E-state index contributed by atoms with van der Waals surface area (Å²) >= 11 is 0. The number of hydrogen-bond donors (Lipinski definition) is 1. The van der Waals surface area contributed by atoms with E-state index in [0.717, 1.165) is 0 Å². The Hall–Kier alpha value is -2.16. The summed E-state index contributed by atoms with van der Waals surface area (Å²) in [6, 6.07) is 20.8. The van der Waals surface area contributed by atoms with Crippen LogP contribution in [0, 0.1) is 0 Å². The highest BCUT2D eigenvalue weighted by molar-refractivity contribution is 5.62. The van der Waals surface area contributed by atoms with E-state index in [9.17, 15) is 4.39 Å². The molecule has 2 aromatic rings. The van der Waals surface area contributed by atoms with Gasteiger partial charge in [0, 0.05) is 0 Å². The Bertz CT molecular complexity index is 385. The molecule has 0 fully saturated rings. The van der Waals surface area contributed by atoms with Gasteiger partial charge in [0.1, 0.15) is 0 Å². The van der Waals surface area contributed by atoms with Crippen molar-refractivity contribution in [1.82, 2.24) is 0 Å². The van der Waals surface area contributed by atoms with Crippen molar-refractivity contribution in [3.05, 3.63) is 60.7 Å². The summed E-state index contributed by atoms with van der Waals surface area (Å²) in [6.45, 7) is 0. The molecular weight excluding hydrogens is 207 g/mol. The first-order valence-corrected chi connectivity index (χ1v) is 4.69. The van der Waals surface area contributed by atoms with Crippen LogP contribution in [0.4, 0.5) is 9.18 Å². The molecule has 0 radical (unpaired) electrons. The Balaban J connectivity index is 0.000000280. The summed E-state index contributed by atoms with van der Waals surface area (Å²) in [4.78, 5) is 8.33. The lowest BCUT2D eigenvalue weighted by atomic mass is 10.1. The van der Waals surface area contributed by atoms with Crippen molar-refractivity contribution in [2.24, 2.45) is 0 Å². The first-order valence-electron chi connectivity index (χ1n) is 4.69. The van der Waals surface area contributed by atoms with Crippen LogP contribution in [0.25, 0.3) is 11.1 Å². The van der Waals surface area contributed by atoms with Gasteiger partial charge in [-0.2, -0.15) is 0 Å². The second-order valence-corrected chi connectivity index (χ2v) is 2.99. The van der Waals surface area contributed by atoms with Gasteiger partial charge >= 0.3 is 6.22 Å². The molecule has 0 aliphatic rings.